The van der Waals surface area contributed by atoms with E-state index in [0.717, 1.165) is 44.7 Å². The molecule has 1 aliphatic heterocycles. The zero-order valence-corrected chi connectivity index (χ0v) is 21.3. The number of hydrogen-bond acceptors (Lipinski definition) is 4. The first kappa shape index (κ1) is 25.2. The van der Waals surface area contributed by atoms with Gasteiger partial charge in [-0.15, -0.1) is 0 Å². The molecule has 3 aromatic rings. The molecule has 1 aliphatic rings. The third-order valence-electron chi connectivity index (χ3n) is 7.66. The van der Waals surface area contributed by atoms with Gasteiger partial charge >= 0.3 is 0 Å². The summed E-state index contributed by atoms with van der Waals surface area (Å²) in [6.45, 7) is 5.63. The molecule has 4 heteroatoms. The molecule has 0 radical (unpaired) electrons. The Morgan fingerprint density at radius 1 is 0.914 bits per heavy atom. The van der Waals surface area contributed by atoms with Gasteiger partial charge in [-0.1, -0.05) is 79.7 Å². The Hall–Kier alpha value is -2.95. The molecule has 2 atom stereocenters. The molecule has 35 heavy (non-hydrogen) atoms. The number of anilines is 1. The van der Waals surface area contributed by atoms with Crippen LogP contribution in [0, 0.1) is 0 Å². The largest absolute Gasteiger partial charge is 0.378 e. The van der Waals surface area contributed by atoms with Gasteiger partial charge < -0.3 is 14.5 Å². The molecule has 3 aromatic carbocycles. The number of nitrogens with zero attached hydrogens (tertiary/aromatic N) is 2. The Balaban J connectivity index is 1.72. The minimum absolute atomic E-state index is 0.0501. The van der Waals surface area contributed by atoms with Gasteiger partial charge in [-0.2, -0.15) is 0 Å². The van der Waals surface area contributed by atoms with Crippen molar-refractivity contribution in [1.82, 2.24) is 4.90 Å². The number of ketones is 1. The molecule has 2 unspecified atom stereocenters. The molecule has 1 saturated heterocycles. The lowest BCUT2D eigenvalue weighted by Gasteiger charge is -2.46. The summed E-state index contributed by atoms with van der Waals surface area (Å²) >= 11 is 0. The van der Waals surface area contributed by atoms with Crippen LogP contribution in [0.1, 0.15) is 47.2 Å². The Morgan fingerprint density at radius 2 is 1.51 bits per heavy atom. The summed E-state index contributed by atoms with van der Waals surface area (Å²) in [5.41, 5.74) is 4.32. The molecule has 184 valence electrons. The van der Waals surface area contributed by atoms with Gasteiger partial charge in [0.1, 0.15) is 0 Å². The Morgan fingerprint density at radius 3 is 2.09 bits per heavy atom. The zero-order valence-electron chi connectivity index (χ0n) is 21.3. The summed E-state index contributed by atoms with van der Waals surface area (Å²) in [6, 6.07) is 29.3. The van der Waals surface area contributed by atoms with Crippen molar-refractivity contribution in [3.05, 3.63) is 102 Å². The van der Waals surface area contributed by atoms with Crippen LogP contribution in [0.15, 0.2) is 84.9 Å². The van der Waals surface area contributed by atoms with Gasteiger partial charge in [-0.05, 0) is 50.2 Å². The van der Waals surface area contributed by atoms with Gasteiger partial charge in [0.2, 0.25) is 0 Å². The molecule has 0 aromatic heterocycles. The fourth-order valence-corrected chi connectivity index (χ4v) is 5.51. The van der Waals surface area contributed by atoms with E-state index in [1.807, 2.05) is 30.3 Å². The van der Waals surface area contributed by atoms with Crippen molar-refractivity contribution < 1.29 is 9.53 Å². The van der Waals surface area contributed by atoms with Crippen molar-refractivity contribution in [2.45, 2.75) is 37.6 Å². The van der Waals surface area contributed by atoms with Gasteiger partial charge in [0.15, 0.2) is 5.78 Å². The first-order valence-electron chi connectivity index (χ1n) is 12.8. The normalized spacial score (nSPS) is 16.6. The molecule has 0 amide bonds. The maximum Gasteiger partial charge on any atom is 0.163 e. The summed E-state index contributed by atoms with van der Waals surface area (Å²) in [5, 5.41) is 0. The van der Waals surface area contributed by atoms with E-state index in [-0.39, 0.29) is 17.2 Å². The number of hydrogen-bond donors (Lipinski definition) is 0. The third-order valence-corrected chi connectivity index (χ3v) is 7.66. The van der Waals surface area contributed by atoms with E-state index in [0.29, 0.717) is 6.42 Å². The van der Waals surface area contributed by atoms with Crippen LogP contribution in [0.25, 0.3) is 0 Å². The summed E-state index contributed by atoms with van der Waals surface area (Å²) in [5.74, 6) is 0.245. The fraction of sp³-hybridized carbons (Fsp3) is 0.387. The van der Waals surface area contributed by atoms with E-state index in [1.165, 1.54) is 16.8 Å². The number of carbonyl (C=O) groups excluding carboxylic acids is 1. The first-order valence-corrected chi connectivity index (χ1v) is 12.8. The topological polar surface area (TPSA) is 32.8 Å². The summed E-state index contributed by atoms with van der Waals surface area (Å²) in [4.78, 5) is 18.3. The maximum absolute atomic E-state index is 13.5. The third kappa shape index (κ3) is 5.83. The van der Waals surface area contributed by atoms with Crippen molar-refractivity contribution in [2.24, 2.45) is 0 Å². The standard InChI is InChI=1S/C31H38N2O2/c1-4-31(32(2)3,24-25-11-7-5-8-12-25)29(23-30(34)27-13-9-6-10-14-27)26-15-17-28(18-16-26)33-19-21-35-22-20-33/h5-18,29H,4,19-24H2,1-3H3. The monoisotopic (exact) mass is 470 g/mol. The molecule has 0 spiro atoms. The second-order valence-electron chi connectivity index (χ2n) is 9.75. The molecule has 0 aliphatic carbocycles. The molecule has 4 nitrogen and oxygen atoms in total. The lowest BCUT2D eigenvalue weighted by atomic mass is 9.70. The SMILES string of the molecule is CCC(Cc1ccccc1)(C(CC(=O)c1ccccc1)c1ccc(N2CCOCC2)cc1)N(C)C. The average Bonchev–Trinajstić information content (AvgIpc) is 2.92. The van der Waals surface area contributed by atoms with Crippen molar-refractivity contribution in [1.29, 1.82) is 0 Å². The predicted octanol–water partition coefficient (Wildman–Crippen LogP) is 5.83. The van der Waals surface area contributed by atoms with Gasteiger partial charge in [-0.25, -0.2) is 0 Å². The Labute approximate surface area is 210 Å². The number of carbonyl (C=O) groups is 1. The number of morpholine rings is 1. The summed E-state index contributed by atoms with van der Waals surface area (Å²) < 4.78 is 5.53. The summed E-state index contributed by atoms with van der Waals surface area (Å²) in [6.07, 6.45) is 2.29. The predicted molar refractivity (Wildman–Crippen MR) is 144 cm³/mol. The highest BCUT2D eigenvalue weighted by atomic mass is 16.5. The van der Waals surface area contributed by atoms with Crippen LogP contribution in [-0.2, 0) is 11.2 Å². The lowest BCUT2D eigenvalue weighted by molar-refractivity contribution is 0.0819. The number of ether oxygens (including phenoxy) is 1. The number of Topliss-reactive ketones (excluding diaryl/α,β-unsaturated/α-hetero) is 1. The average molecular weight is 471 g/mol. The maximum atomic E-state index is 13.5. The highest BCUT2D eigenvalue weighted by Crippen LogP contribution is 2.41. The molecule has 1 heterocycles. The van der Waals surface area contributed by atoms with Crippen LogP contribution in [0.4, 0.5) is 5.69 Å². The van der Waals surface area contributed by atoms with Gasteiger partial charge in [0, 0.05) is 42.2 Å². The molecule has 4 rings (SSSR count). The second kappa shape index (κ2) is 11.7. The molecular formula is C31H38N2O2. The minimum atomic E-state index is -0.202. The van der Waals surface area contributed by atoms with E-state index in [2.05, 4.69) is 85.4 Å². The lowest BCUT2D eigenvalue weighted by Crippen LogP contribution is -2.51. The highest BCUT2D eigenvalue weighted by Gasteiger charge is 2.41. The van der Waals surface area contributed by atoms with Crippen LogP contribution in [0.3, 0.4) is 0 Å². The van der Waals surface area contributed by atoms with Crippen LogP contribution in [-0.4, -0.2) is 56.6 Å². The Kier molecular flexibility index (Phi) is 8.37. The highest BCUT2D eigenvalue weighted by molar-refractivity contribution is 5.96. The van der Waals surface area contributed by atoms with E-state index >= 15 is 0 Å². The first-order chi connectivity index (χ1) is 17.0. The van der Waals surface area contributed by atoms with E-state index in [1.54, 1.807) is 0 Å². The molecule has 0 N–H and O–H groups in total. The van der Waals surface area contributed by atoms with Crippen molar-refractivity contribution >= 4 is 11.5 Å². The van der Waals surface area contributed by atoms with E-state index in [4.69, 9.17) is 4.74 Å². The molecule has 0 saturated carbocycles. The van der Waals surface area contributed by atoms with Crippen molar-refractivity contribution in [3.8, 4) is 0 Å². The second-order valence-corrected chi connectivity index (χ2v) is 9.75. The zero-order chi connectivity index (χ0) is 24.7. The van der Waals surface area contributed by atoms with Crippen LogP contribution >= 0.6 is 0 Å². The van der Waals surface area contributed by atoms with E-state index < -0.39 is 0 Å². The van der Waals surface area contributed by atoms with Crippen LogP contribution < -0.4 is 4.90 Å². The van der Waals surface area contributed by atoms with Gasteiger partial charge in [0.25, 0.3) is 0 Å². The number of rotatable bonds is 10. The Bertz CT molecular complexity index is 1060. The molecular weight excluding hydrogens is 432 g/mol. The number of benzene rings is 3. The van der Waals surface area contributed by atoms with E-state index in [9.17, 15) is 4.79 Å². The van der Waals surface area contributed by atoms with Crippen LogP contribution in [0.5, 0.6) is 0 Å². The summed E-state index contributed by atoms with van der Waals surface area (Å²) in [7, 11) is 4.32. The van der Waals surface area contributed by atoms with Crippen LogP contribution in [0.2, 0.25) is 0 Å². The fourth-order valence-electron chi connectivity index (χ4n) is 5.51. The molecule has 1 fully saturated rings. The van der Waals surface area contributed by atoms with Crippen molar-refractivity contribution in [3.63, 3.8) is 0 Å². The molecule has 0 bridgehead atoms. The van der Waals surface area contributed by atoms with Gasteiger partial charge in [-0.3, -0.25) is 4.79 Å². The number of likely N-dealkylation sites (N-methyl/N-ethyl adjacent to an activating group) is 1. The minimum Gasteiger partial charge on any atom is -0.378 e. The van der Waals surface area contributed by atoms with Crippen molar-refractivity contribution in [2.75, 3.05) is 45.3 Å². The van der Waals surface area contributed by atoms with Gasteiger partial charge in [0.05, 0.1) is 13.2 Å². The smallest absolute Gasteiger partial charge is 0.163 e. The quantitative estimate of drug-likeness (QED) is 0.349.